The smallest absolute Gasteiger partial charge is 0.242 e. The number of carbonyl (C=O) groups excluding carboxylic acids is 1. The Hall–Kier alpha value is -0.980. The number of Topliss-reactive ketones (excluding diaryl/α,β-unsaturated/α-hetero) is 1. The van der Waals surface area contributed by atoms with Crippen LogP contribution in [0.3, 0.4) is 0 Å². The van der Waals surface area contributed by atoms with Crippen LogP contribution in [0.4, 0.5) is 0 Å². The second-order valence-corrected chi connectivity index (χ2v) is 8.22. The van der Waals surface area contributed by atoms with Crippen LogP contribution in [-0.4, -0.2) is 55.6 Å². The van der Waals surface area contributed by atoms with E-state index in [1.807, 2.05) is 0 Å². The molecule has 2 fully saturated rings. The maximum atomic E-state index is 12.5. The molecule has 0 bridgehead atoms. The van der Waals surface area contributed by atoms with Gasteiger partial charge in [0.05, 0.1) is 4.91 Å². The van der Waals surface area contributed by atoms with Crippen molar-refractivity contribution in [3.8, 4) is 0 Å². The van der Waals surface area contributed by atoms with E-state index in [4.69, 9.17) is 0 Å². The average Bonchev–Trinajstić information content (AvgIpc) is 3.01. The van der Waals surface area contributed by atoms with Gasteiger partial charge in [0, 0.05) is 19.1 Å². The molecule has 0 amide bonds. The molecule has 0 unspecified atom stereocenters. The first-order valence-corrected chi connectivity index (χ1v) is 9.38. The molecule has 0 radical (unpaired) electrons. The van der Waals surface area contributed by atoms with E-state index < -0.39 is 10.0 Å². The predicted molar refractivity (Wildman–Crippen MR) is 87.9 cm³/mol. The SMILES string of the molecule is C=C(C=C(C)C(C)=O)S(=O)(=O)N1CCC(N2CCCC2)CC1. The summed E-state index contributed by atoms with van der Waals surface area (Å²) in [5.41, 5.74) is 0.417. The van der Waals surface area contributed by atoms with Gasteiger partial charge in [0.2, 0.25) is 10.0 Å². The fourth-order valence-electron chi connectivity index (χ4n) is 3.14. The molecular weight excluding hydrogens is 300 g/mol. The third-order valence-electron chi connectivity index (χ3n) is 4.68. The minimum absolute atomic E-state index is 0.0137. The van der Waals surface area contributed by atoms with Crippen molar-refractivity contribution in [3.05, 3.63) is 23.1 Å². The fraction of sp³-hybridized carbons (Fsp3) is 0.688. The van der Waals surface area contributed by atoms with Crippen molar-refractivity contribution in [3.63, 3.8) is 0 Å². The predicted octanol–water partition coefficient (Wildman–Crippen LogP) is 1.93. The summed E-state index contributed by atoms with van der Waals surface area (Å²) in [6.07, 6.45) is 5.64. The first-order valence-electron chi connectivity index (χ1n) is 7.94. The van der Waals surface area contributed by atoms with Crippen molar-refractivity contribution >= 4 is 15.8 Å². The second-order valence-electron chi connectivity index (χ2n) is 6.23. The van der Waals surface area contributed by atoms with E-state index in [1.54, 1.807) is 6.92 Å². The largest absolute Gasteiger partial charge is 0.300 e. The number of sulfonamides is 1. The van der Waals surface area contributed by atoms with Crippen molar-refractivity contribution in [1.29, 1.82) is 0 Å². The van der Waals surface area contributed by atoms with Gasteiger partial charge >= 0.3 is 0 Å². The summed E-state index contributed by atoms with van der Waals surface area (Å²) in [7, 11) is -3.55. The molecule has 2 rings (SSSR count). The summed E-state index contributed by atoms with van der Waals surface area (Å²) in [6.45, 7) is 10.1. The molecule has 0 aromatic rings. The Balaban J connectivity index is 1.98. The Kier molecular flexibility index (Phi) is 5.58. The minimum atomic E-state index is -3.55. The third kappa shape index (κ3) is 3.86. The zero-order valence-corrected chi connectivity index (χ0v) is 14.4. The lowest BCUT2D eigenvalue weighted by Gasteiger charge is -2.36. The van der Waals surface area contributed by atoms with Crippen LogP contribution in [0.1, 0.15) is 39.5 Å². The molecule has 0 saturated carbocycles. The zero-order chi connectivity index (χ0) is 16.3. The van der Waals surface area contributed by atoms with Crippen molar-refractivity contribution in [2.45, 2.75) is 45.6 Å². The number of hydrogen-bond acceptors (Lipinski definition) is 4. The number of likely N-dealkylation sites (tertiary alicyclic amines) is 1. The summed E-state index contributed by atoms with van der Waals surface area (Å²) in [5.74, 6) is -0.135. The molecule has 0 aromatic carbocycles. The third-order valence-corrected chi connectivity index (χ3v) is 6.51. The van der Waals surface area contributed by atoms with E-state index in [2.05, 4.69) is 11.5 Å². The summed E-state index contributed by atoms with van der Waals surface area (Å²) in [5, 5.41) is 0. The van der Waals surface area contributed by atoms with Crippen molar-refractivity contribution in [1.82, 2.24) is 9.21 Å². The van der Waals surface area contributed by atoms with Gasteiger partial charge in [-0.25, -0.2) is 8.42 Å². The van der Waals surface area contributed by atoms with Crippen molar-refractivity contribution in [2.24, 2.45) is 0 Å². The first kappa shape index (κ1) is 17.4. The van der Waals surface area contributed by atoms with Gasteiger partial charge in [-0.2, -0.15) is 4.31 Å². The number of piperidine rings is 1. The highest BCUT2D eigenvalue weighted by atomic mass is 32.2. The summed E-state index contributed by atoms with van der Waals surface area (Å²) < 4.78 is 26.6. The van der Waals surface area contributed by atoms with Crippen LogP contribution in [0.2, 0.25) is 0 Å². The normalized spacial score (nSPS) is 22.9. The average molecular weight is 326 g/mol. The van der Waals surface area contributed by atoms with E-state index in [-0.39, 0.29) is 10.7 Å². The molecule has 0 aliphatic carbocycles. The maximum absolute atomic E-state index is 12.5. The van der Waals surface area contributed by atoms with E-state index in [1.165, 1.54) is 30.1 Å². The molecular formula is C16H26N2O3S. The van der Waals surface area contributed by atoms with Crippen LogP contribution >= 0.6 is 0 Å². The topological polar surface area (TPSA) is 57.7 Å². The summed E-state index contributed by atoms with van der Waals surface area (Å²) in [4.78, 5) is 13.7. The number of nitrogens with zero attached hydrogens (tertiary/aromatic N) is 2. The Morgan fingerprint density at radius 1 is 1.09 bits per heavy atom. The molecule has 0 atom stereocenters. The molecule has 6 heteroatoms. The van der Waals surface area contributed by atoms with E-state index in [0.717, 1.165) is 25.9 Å². The van der Waals surface area contributed by atoms with Gasteiger partial charge in [-0.3, -0.25) is 4.79 Å². The van der Waals surface area contributed by atoms with Crippen molar-refractivity contribution < 1.29 is 13.2 Å². The number of ketones is 1. The van der Waals surface area contributed by atoms with Gasteiger partial charge in [0.15, 0.2) is 5.78 Å². The Morgan fingerprint density at radius 2 is 1.64 bits per heavy atom. The van der Waals surface area contributed by atoms with Gasteiger partial charge in [-0.15, -0.1) is 0 Å². The van der Waals surface area contributed by atoms with Crippen LogP contribution in [0, 0.1) is 0 Å². The van der Waals surface area contributed by atoms with Crippen LogP contribution < -0.4 is 0 Å². The standard InChI is InChI=1S/C16H26N2O3S/c1-13(15(3)19)12-14(2)22(20,21)18-10-6-16(7-11-18)17-8-4-5-9-17/h12,16H,2,4-11H2,1,3H3. The summed E-state index contributed by atoms with van der Waals surface area (Å²) >= 11 is 0. The molecule has 0 aromatic heterocycles. The molecule has 2 aliphatic heterocycles. The Morgan fingerprint density at radius 3 is 2.14 bits per heavy atom. The van der Waals surface area contributed by atoms with Gasteiger partial charge in [-0.05, 0) is 64.3 Å². The number of hydrogen-bond donors (Lipinski definition) is 0. The van der Waals surface area contributed by atoms with Crippen LogP contribution in [-0.2, 0) is 14.8 Å². The van der Waals surface area contributed by atoms with E-state index in [0.29, 0.717) is 24.7 Å². The van der Waals surface area contributed by atoms with E-state index in [9.17, 15) is 13.2 Å². The Bertz CT molecular complexity index is 566. The number of carbonyl (C=O) groups is 1. The molecule has 2 heterocycles. The fourth-order valence-corrected chi connectivity index (χ4v) is 4.49. The summed E-state index contributed by atoms with van der Waals surface area (Å²) in [6, 6.07) is 0.511. The van der Waals surface area contributed by atoms with Gasteiger partial charge in [0.25, 0.3) is 0 Å². The van der Waals surface area contributed by atoms with Crippen LogP contribution in [0.5, 0.6) is 0 Å². The number of rotatable bonds is 5. The molecule has 124 valence electrons. The highest BCUT2D eigenvalue weighted by Crippen LogP contribution is 2.25. The molecule has 0 spiro atoms. The lowest BCUT2D eigenvalue weighted by molar-refractivity contribution is -0.113. The highest BCUT2D eigenvalue weighted by Gasteiger charge is 2.32. The van der Waals surface area contributed by atoms with Gasteiger partial charge in [0.1, 0.15) is 0 Å². The van der Waals surface area contributed by atoms with Crippen LogP contribution in [0.15, 0.2) is 23.1 Å². The molecule has 22 heavy (non-hydrogen) atoms. The number of allylic oxidation sites excluding steroid dienone is 2. The lowest BCUT2D eigenvalue weighted by Crippen LogP contribution is -2.45. The zero-order valence-electron chi connectivity index (χ0n) is 13.5. The maximum Gasteiger partial charge on any atom is 0.242 e. The molecule has 0 N–H and O–H groups in total. The monoisotopic (exact) mass is 326 g/mol. The molecule has 2 saturated heterocycles. The molecule has 5 nitrogen and oxygen atoms in total. The minimum Gasteiger partial charge on any atom is -0.300 e. The molecule has 2 aliphatic rings. The highest BCUT2D eigenvalue weighted by molar-refractivity contribution is 7.93. The van der Waals surface area contributed by atoms with Crippen LogP contribution in [0.25, 0.3) is 0 Å². The van der Waals surface area contributed by atoms with E-state index >= 15 is 0 Å². The first-order chi connectivity index (χ1) is 10.3. The quantitative estimate of drug-likeness (QED) is 0.572. The van der Waals surface area contributed by atoms with Crippen molar-refractivity contribution in [2.75, 3.05) is 26.2 Å². The van der Waals surface area contributed by atoms with Gasteiger partial charge < -0.3 is 4.90 Å². The Labute approximate surface area is 133 Å². The lowest BCUT2D eigenvalue weighted by atomic mass is 10.1. The second kappa shape index (κ2) is 7.06. The van der Waals surface area contributed by atoms with Gasteiger partial charge in [-0.1, -0.05) is 6.58 Å².